The number of hydrogen-bond donors (Lipinski definition) is 0. The SMILES string of the molecule is CC(C)(C)C[O][Ti]([O]CC(C)(C)C)([CH]1C=CC=C1)[CH]1C=CC=C1. The zero-order chi connectivity index (χ0) is 17.1. The molecule has 0 heterocycles. The van der Waals surface area contributed by atoms with Crippen molar-refractivity contribution < 1.29 is 24.0 Å². The summed E-state index contributed by atoms with van der Waals surface area (Å²) in [7, 11) is 0. The minimum absolute atomic E-state index is 0.139. The third kappa shape index (κ3) is 5.29. The Balaban J connectivity index is 2.31. The average molecular weight is 352 g/mol. The summed E-state index contributed by atoms with van der Waals surface area (Å²) in [5.74, 6) is 0. The molecular weight excluding hydrogens is 320 g/mol. The molecule has 128 valence electrons. The topological polar surface area (TPSA) is 18.5 Å². The van der Waals surface area contributed by atoms with Gasteiger partial charge in [-0.05, 0) is 0 Å². The van der Waals surface area contributed by atoms with Gasteiger partial charge in [0.1, 0.15) is 0 Å². The van der Waals surface area contributed by atoms with Crippen LogP contribution in [-0.2, 0) is 24.0 Å². The molecule has 0 saturated carbocycles. The predicted molar refractivity (Wildman–Crippen MR) is 94.9 cm³/mol. The second kappa shape index (κ2) is 7.23. The van der Waals surface area contributed by atoms with Crippen LogP contribution in [0.1, 0.15) is 41.5 Å². The van der Waals surface area contributed by atoms with Gasteiger partial charge in [0.2, 0.25) is 0 Å². The van der Waals surface area contributed by atoms with Gasteiger partial charge in [-0.25, -0.2) is 0 Å². The van der Waals surface area contributed by atoms with E-state index in [0.29, 0.717) is 8.45 Å². The Kier molecular flexibility index (Phi) is 5.95. The Morgan fingerprint density at radius 1 is 0.652 bits per heavy atom. The van der Waals surface area contributed by atoms with E-state index in [2.05, 4.69) is 90.2 Å². The zero-order valence-corrected chi connectivity index (χ0v) is 17.1. The van der Waals surface area contributed by atoms with Gasteiger partial charge in [-0.2, -0.15) is 0 Å². The van der Waals surface area contributed by atoms with Crippen molar-refractivity contribution >= 4 is 0 Å². The Bertz CT molecular complexity index is 443. The van der Waals surface area contributed by atoms with Crippen LogP contribution in [0.25, 0.3) is 0 Å². The third-order valence-corrected chi connectivity index (χ3v) is 9.85. The molecule has 0 radical (unpaired) electrons. The van der Waals surface area contributed by atoms with E-state index in [1.54, 1.807) is 0 Å². The maximum atomic E-state index is 6.72. The van der Waals surface area contributed by atoms with Gasteiger partial charge in [0.25, 0.3) is 0 Å². The second-order valence-electron chi connectivity index (χ2n) is 9.01. The van der Waals surface area contributed by atoms with Gasteiger partial charge in [-0.1, -0.05) is 0 Å². The van der Waals surface area contributed by atoms with Gasteiger partial charge in [0, 0.05) is 0 Å². The molecule has 0 atom stereocenters. The van der Waals surface area contributed by atoms with Gasteiger partial charge >= 0.3 is 147 Å². The van der Waals surface area contributed by atoms with Crippen molar-refractivity contribution in [3.63, 3.8) is 0 Å². The van der Waals surface area contributed by atoms with Crippen molar-refractivity contribution in [3.05, 3.63) is 48.6 Å². The first-order valence-electron chi connectivity index (χ1n) is 8.60. The van der Waals surface area contributed by atoms with Gasteiger partial charge in [0.05, 0.1) is 0 Å². The molecule has 2 aliphatic carbocycles. The van der Waals surface area contributed by atoms with Crippen molar-refractivity contribution in [3.8, 4) is 0 Å². The average Bonchev–Trinajstić information content (AvgIpc) is 3.10. The number of rotatable bonds is 6. The Morgan fingerprint density at radius 3 is 1.22 bits per heavy atom. The van der Waals surface area contributed by atoms with Gasteiger partial charge in [-0.15, -0.1) is 0 Å². The van der Waals surface area contributed by atoms with E-state index >= 15 is 0 Å². The second-order valence-corrected chi connectivity index (χ2v) is 14.2. The number of allylic oxidation sites excluding steroid dienone is 8. The molecule has 0 aromatic rings. The minimum atomic E-state index is -3.13. The molecule has 2 rings (SSSR count). The van der Waals surface area contributed by atoms with Gasteiger partial charge in [0.15, 0.2) is 0 Å². The summed E-state index contributed by atoms with van der Waals surface area (Å²) < 4.78 is 14.1. The standard InChI is InChI=1S/2C5H11O.2C5H5.Ti/c2*1-5(2,3)4-6;2*1-2-4-5-3-1;/h2*4H2,1-3H3;2*1-5H;/q2*-1;;;+2. The van der Waals surface area contributed by atoms with Crippen molar-refractivity contribution in [2.45, 2.75) is 50.0 Å². The van der Waals surface area contributed by atoms with E-state index in [-0.39, 0.29) is 10.8 Å². The van der Waals surface area contributed by atoms with E-state index in [4.69, 9.17) is 6.64 Å². The molecule has 0 aromatic carbocycles. The molecule has 0 aliphatic heterocycles. The van der Waals surface area contributed by atoms with Crippen molar-refractivity contribution in [2.75, 3.05) is 13.2 Å². The van der Waals surface area contributed by atoms with Crippen molar-refractivity contribution in [1.82, 2.24) is 0 Å². The predicted octanol–water partition coefficient (Wildman–Crippen LogP) is 5.92. The maximum absolute atomic E-state index is 6.72. The van der Waals surface area contributed by atoms with Crippen LogP contribution in [0.5, 0.6) is 0 Å². The monoisotopic (exact) mass is 352 g/mol. The van der Waals surface area contributed by atoms with Crippen molar-refractivity contribution in [1.29, 1.82) is 0 Å². The van der Waals surface area contributed by atoms with Gasteiger partial charge in [-0.3, -0.25) is 0 Å². The molecule has 23 heavy (non-hydrogen) atoms. The van der Waals surface area contributed by atoms with Crippen LogP contribution < -0.4 is 0 Å². The van der Waals surface area contributed by atoms with Crippen LogP contribution in [0.2, 0.25) is 8.45 Å². The van der Waals surface area contributed by atoms with Crippen LogP contribution in [-0.4, -0.2) is 13.2 Å². The zero-order valence-electron chi connectivity index (χ0n) is 15.5. The quantitative estimate of drug-likeness (QED) is 0.552. The summed E-state index contributed by atoms with van der Waals surface area (Å²) in [6, 6.07) is 0. The van der Waals surface area contributed by atoms with E-state index < -0.39 is 17.4 Å². The first kappa shape index (κ1) is 18.9. The molecule has 0 aromatic heterocycles. The summed E-state index contributed by atoms with van der Waals surface area (Å²) in [6.45, 7) is 14.8. The summed E-state index contributed by atoms with van der Waals surface area (Å²) in [4.78, 5) is 0. The first-order chi connectivity index (χ1) is 10.6. The molecule has 0 N–H and O–H groups in total. The normalized spacial score (nSPS) is 19.4. The molecule has 0 spiro atoms. The van der Waals surface area contributed by atoms with Crippen molar-refractivity contribution in [2.24, 2.45) is 10.8 Å². The fraction of sp³-hybridized carbons (Fsp3) is 0.600. The third-order valence-electron chi connectivity index (χ3n) is 3.89. The summed E-state index contributed by atoms with van der Waals surface area (Å²) in [5.41, 5.74) is 0.277. The summed E-state index contributed by atoms with van der Waals surface area (Å²) in [5, 5.41) is 0. The molecular formula is C20H32O2Ti. The molecule has 2 nitrogen and oxygen atoms in total. The molecule has 0 fully saturated rings. The van der Waals surface area contributed by atoms with E-state index in [1.165, 1.54) is 0 Å². The van der Waals surface area contributed by atoms with E-state index in [1.807, 2.05) is 0 Å². The number of hydrogen-bond acceptors (Lipinski definition) is 2. The van der Waals surface area contributed by atoms with Crippen LogP contribution in [0, 0.1) is 10.8 Å². The van der Waals surface area contributed by atoms with E-state index in [0.717, 1.165) is 13.2 Å². The molecule has 0 unspecified atom stereocenters. The van der Waals surface area contributed by atoms with Crippen LogP contribution in [0.3, 0.4) is 0 Å². The van der Waals surface area contributed by atoms with Crippen LogP contribution in [0.15, 0.2) is 48.6 Å². The Labute approximate surface area is 146 Å². The summed E-state index contributed by atoms with van der Waals surface area (Å²) >= 11 is -3.13. The molecule has 2 aliphatic rings. The molecule has 3 heteroatoms. The first-order valence-corrected chi connectivity index (χ1v) is 11.7. The molecule has 0 amide bonds. The van der Waals surface area contributed by atoms with Crippen LogP contribution in [0.4, 0.5) is 0 Å². The fourth-order valence-corrected chi connectivity index (χ4v) is 9.16. The molecule has 0 bridgehead atoms. The Hall–Kier alpha value is -0.406. The molecule has 0 saturated heterocycles. The van der Waals surface area contributed by atoms with E-state index in [9.17, 15) is 0 Å². The Morgan fingerprint density at radius 2 is 0.957 bits per heavy atom. The summed E-state index contributed by atoms with van der Waals surface area (Å²) in [6.07, 6.45) is 17.6. The van der Waals surface area contributed by atoms with Crippen LogP contribution >= 0.6 is 0 Å². The fourth-order valence-electron chi connectivity index (χ4n) is 2.71. The van der Waals surface area contributed by atoms with Gasteiger partial charge < -0.3 is 0 Å².